The number of aliphatic hydroxyl groups is 3. The summed E-state index contributed by atoms with van der Waals surface area (Å²) in [4.78, 5) is 0. The smallest absolute Gasteiger partial charge is 0.0487 e. The summed E-state index contributed by atoms with van der Waals surface area (Å²) in [6, 6.07) is 0. The molecule has 3 N–H and O–H groups in total. The molecule has 0 amide bonds. The summed E-state index contributed by atoms with van der Waals surface area (Å²) >= 11 is 0. The minimum atomic E-state index is 0. The molecule has 196 valence electrons. The fourth-order valence-corrected chi connectivity index (χ4v) is 0.571. The van der Waals surface area contributed by atoms with Crippen LogP contribution < -0.4 is 0 Å². The van der Waals surface area contributed by atoms with Crippen molar-refractivity contribution in [2.24, 2.45) is 0 Å². The first-order valence-electron chi connectivity index (χ1n) is 6.65. The van der Waals surface area contributed by atoms with Crippen LogP contribution in [0.5, 0.6) is 0 Å². The van der Waals surface area contributed by atoms with Crippen LogP contribution in [0.25, 0.3) is 0 Å². The maximum absolute atomic E-state index is 8.29. The van der Waals surface area contributed by atoms with Crippen LogP contribution in [0.2, 0.25) is 0 Å². The summed E-state index contributed by atoms with van der Waals surface area (Å²) in [5, 5.41) is 24.2. The highest BCUT2D eigenvalue weighted by Gasteiger charge is 1.82. The Balaban J connectivity index is -0.00000000757. The number of hydrogen-bond acceptors (Lipinski definition) is 4. The maximum Gasteiger partial charge on any atom is 0.0487 e. The zero-order valence-corrected chi connectivity index (χ0v) is 11.8. The van der Waals surface area contributed by atoms with Crippen LogP contribution in [-0.4, -0.2) is 48.4 Å². The van der Waals surface area contributed by atoms with Crippen molar-refractivity contribution in [3.05, 3.63) is 0 Å². The number of ether oxygens (including phenoxy) is 1. The zero-order valence-electron chi connectivity index (χ0n) is 11.8. The highest BCUT2D eigenvalue weighted by atomic mass is 16.5. The van der Waals surface area contributed by atoms with Gasteiger partial charge in [0.05, 0.1) is 0 Å². The molecule has 28 heavy (non-hydrogen) atoms. The van der Waals surface area contributed by atoms with Crippen molar-refractivity contribution in [3.8, 4) is 0 Å². The molecular formula is C24H76O4. The molecule has 0 aromatic heterocycles. The molecule has 4 heteroatoms. The second-order valence-electron chi connectivity index (χ2n) is 3.49. The third kappa shape index (κ3) is 259. The summed E-state index contributed by atoms with van der Waals surface area (Å²) in [5.41, 5.74) is 0. The molecule has 0 saturated heterocycles. The van der Waals surface area contributed by atoms with Crippen LogP contribution in [0, 0.1) is 0 Å². The van der Waals surface area contributed by atoms with E-state index in [2.05, 4.69) is 13.8 Å². The number of hydrogen-bond donors (Lipinski definition) is 3. The zero-order chi connectivity index (χ0) is 13.8. The first-order valence-corrected chi connectivity index (χ1v) is 6.65. The van der Waals surface area contributed by atoms with Crippen molar-refractivity contribution in [3.63, 3.8) is 0 Å². The normalized spacial score (nSPS) is 5.36. The Morgan fingerprint density at radius 1 is 0.429 bits per heavy atom. The van der Waals surface area contributed by atoms with E-state index in [0.717, 1.165) is 38.7 Å². The summed E-state index contributed by atoms with van der Waals surface area (Å²) in [5.74, 6) is 0. The van der Waals surface area contributed by atoms with E-state index in [1.807, 2.05) is 6.92 Å². The Kier molecular flexibility index (Phi) is 570. The Bertz CT molecular complexity index is 82.7. The quantitative estimate of drug-likeness (QED) is 0.337. The average molecular weight is 429 g/mol. The van der Waals surface area contributed by atoms with E-state index in [9.17, 15) is 0 Å². The summed E-state index contributed by atoms with van der Waals surface area (Å²) in [6.07, 6.45) is 4.74. The van der Waals surface area contributed by atoms with Gasteiger partial charge in [0.2, 0.25) is 0 Å². The fraction of sp³-hybridized carbons (Fsp3) is 1.00. The molecule has 0 aliphatic rings. The summed E-state index contributed by atoms with van der Waals surface area (Å²) < 4.78 is 5.06. The van der Waals surface area contributed by atoms with Crippen LogP contribution >= 0.6 is 0 Å². The summed E-state index contributed by atoms with van der Waals surface area (Å²) in [7, 11) is 0. The first-order chi connectivity index (χ1) is 8.24. The van der Waals surface area contributed by atoms with E-state index >= 15 is 0 Å². The third-order valence-corrected chi connectivity index (χ3v) is 1.53. The van der Waals surface area contributed by atoms with Crippen LogP contribution in [0.15, 0.2) is 0 Å². The molecule has 0 spiro atoms. The Hall–Kier alpha value is -0.160. The monoisotopic (exact) mass is 429 g/mol. The molecule has 0 saturated carbocycles. The fourth-order valence-electron chi connectivity index (χ4n) is 0.571. The molecule has 0 rings (SSSR count). The third-order valence-electron chi connectivity index (χ3n) is 1.53. The predicted octanol–water partition coefficient (Wildman–Crippen LogP) is 8.96. The van der Waals surface area contributed by atoms with E-state index < -0.39 is 0 Å². The van der Waals surface area contributed by atoms with E-state index in [1.54, 1.807) is 0 Å². The predicted molar refractivity (Wildman–Crippen MR) is 146 cm³/mol. The average Bonchev–Trinajstić information content (AvgIpc) is 2.37. The number of rotatable bonds is 8. The molecule has 0 bridgehead atoms. The molecule has 0 aromatic carbocycles. The van der Waals surface area contributed by atoms with Gasteiger partial charge in [0.15, 0.2) is 0 Å². The van der Waals surface area contributed by atoms with Crippen molar-refractivity contribution in [1.82, 2.24) is 0 Å². The van der Waals surface area contributed by atoms with Crippen molar-refractivity contribution < 1.29 is 20.1 Å². The van der Waals surface area contributed by atoms with Gasteiger partial charge in [-0.05, 0) is 25.7 Å². The minimum absolute atomic E-state index is 0. The molecule has 0 unspecified atom stereocenters. The Morgan fingerprint density at radius 2 is 0.750 bits per heavy atom. The largest absolute Gasteiger partial charge is 0.396 e. The molecule has 0 heterocycles. The lowest BCUT2D eigenvalue weighted by Crippen LogP contribution is -1.97. The van der Waals surface area contributed by atoms with Gasteiger partial charge in [-0.3, -0.25) is 0 Å². The van der Waals surface area contributed by atoms with Gasteiger partial charge >= 0.3 is 0 Å². The number of aliphatic hydroxyl groups excluding tert-OH is 3. The van der Waals surface area contributed by atoms with E-state index in [-0.39, 0.29) is 88.3 Å². The SMILES string of the molecule is C.C.C.C.C.C.C.C.C.C.C.CCCCO.CCCO.CCCOCCCO. The van der Waals surface area contributed by atoms with Gasteiger partial charge in [-0.1, -0.05) is 109 Å². The minimum Gasteiger partial charge on any atom is -0.396 e. The Morgan fingerprint density at radius 3 is 0.893 bits per heavy atom. The first kappa shape index (κ1) is 105. The molecule has 0 atom stereocenters. The second kappa shape index (κ2) is 153. The molecule has 0 radical (unpaired) electrons. The van der Waals surface area contributed by atoms with Crippen LogP contribution in [0.1, 0.15) is 135 Å². The van der Waals surface area contributed by atoms with Gasteiger partial charge < -0.3 is 20.1 Å². The van der Waals surface area contributed by atoms with Gasteiger partial charge in [0.25, 0.3) is 0 Å². The lowest BCUT2D eigenvalue weighted by molar-refractivity contribution is 0.116. The van der Waals surface area contributed by atoms with Gasteiger partial charge in [-0.15, -0.1) is 0 Å². The molecule has 0 aliphatic heterocycles. The lowest BCUT2D eigenvalue weighted by Gasteiger charge is -1.97. The van der Waals surface area contributed by atoms with Crippen molar-refractivity contribution in [1.29, 1.82) is 0 Å². The van der Waals surface area contributed by atoms with Crippen molar-refractivity contribution in [2.45, 2.75) is 135 Å². The van der Waals surface area contributed by atoms with Crippen LogP contribution in [-0.2, 0) is 4.74 Å². The van der Waals surface area contributed by atoms with Gasteiger partial charge in [-0.25, -0.2) is 0 Å². The van der Waals surface area contributed by atoms with E-state index in [0.29, 0.717) is 19.8 Å². The topological polar surface area (TPSA) is 69.9 Å². The Labute approximate surface area is 188 Å². The highest BCUT2D eigenvalue weighted by Crippen LogP contribution is 1.82. The molecule has 0 aromatic rings. The van der Waals surface area contributed by atoms with Gasteiger partial charge in [0, 0.05) is 33.0 Å². The highest BCUT2D eigenvalue weighted by molar-refractivity contribution is 4.30. The standard InChI is InChI=1S/C6H14O2.C4H10O.C3H8O.11CH4/c1-2-5-8-6-3-4-7;1-2-3-4-5;1-2-3-4;;;;;;;;;;;/h7H,2-6H2,1H3;5H,2-4H2,1H3;4H,2-3H2,1H3;11*1H4. The molecule has 0 aliphatic carbocycles. The van der Waals surface area contributed by atoms with Crippen molar-refractivity contribution in [2.75, 3.05) is 33.0 Å². The van der Waals surface area contributed by atoms with Crippen LogP contribution in [0.3, 0.4) is 0 Å². The summed E-state index contributed by atoms with van der Waals surface area (Å²) in [6.45, 7) is 8.47. The second-order valence-corrected chi connectivity index (χ2v) is 3.49. The van der Waals surface area contributed by atoms with E-state index in [1.165, 1.54) is 0 Å². The lowest BCUT2D eigenvalue weighted by atomic mass is 10.4. The maximum atomic E-state index is 8.29. The molecule has 4 nitrogen and oxygen atoms in total. The molecular weight excluding hydrogens is 352 g/mol. The van der Waals surface area contributed by atoms with Gasteiger partial charge in [0.1, 0.15) is 0 Å². The van der Waals surface area contributed by atoms with Crippen molar-refractivity contribution >= 4 is 0 Å². The van der Waals surface area contributed by atoms with E-state index in [4.69, 9.17) is 20.1 Å². The molecule has 0 fully saturated rings. The van der Waals surface area contributed by atoms with Crippen LogP contribution in [0.4, 0.5) is 0 Å². The number of unbranched alkanes of at least 4 members (excludes halogenated alkanes) is 1. The van der Waals surface area contributed by atoms with Gasteiger partial charge in [-0.2, -0.15) is 0 Å².